The molecule has 2 heteroatoms. The molecule has 1 atom stereocenters. The van der Waals surface area contributed by atoms with E-state index in [-0.39, 0.29) is 11.6 Å². The second-order valence-electron chi connectivity index (χ2n) is 3.80. The van der Waals surface area contributed by atoms with E-state index in [1.165, 1.54) is 0 Å². The van der Waals surface area contributed by atoms with Crippen molar-refractivity contribution in [3.63, 3.8) is 0 Å². The van der Waals surface area contributed by atoms with Crippen LogP contribution in [0.4, 0.5) is 0 Å². The van der Waals surface area contributed by atoms with Crippen molar-refractivity contribution in [3.05, 3.63) is 0 Å². The SMILES string of the molecule is CNC(C)OCC(C)(C)C. The molecule has 0 bridgehead atoms. The highest BCUT2D eigenvalue weighted by Gasteiger charge is 2.11. The summed E-state index contributed by atoms with van der Waals surface area (Å²) in [5.41, 5.74) is 0.269. The van der Waals surface area contributed by atoms with E-state index < -0.39 is 0 Å². The summed E-state index contributed by atoms with van der Waals surface area (Å²) in [6, 6.07) is 0. The fourth-order valence-corrected chi connectivity index (χ4v) is 0.458. The van der Waals surface area contributed by atoms with Gasteiger partial charge in [0.25, 0.3) is 0 Å². The molecule has 62 valence electrons. The third-order valence-electron chi connectivity index (χ3n) is 1.17. The lowest BCUT2D eigenvalue weighted by molar-refractivity contribution is 0.00495. The van der Waals surface area contributed by atoms with Gasteiger partial charge >= 0.3 is 0 Å². The zero-order valence-corrected chi connectivity index (χ0v) is 7.69. The summed E-state index contributed by atoms with van der Waals surface area (Å²) < 4.78 is 5.44. The Kier molecular flexibility index (Phi) is 3.91. The van der Waals surface area contributed by atoms with E-state index >= 15 is 0 Å². The Morgan fingerprint density at radius 3 is 2.20 bits per heavy atom. The van der Waals surface area contributed by atoms with Crippen LogP contribution in [0.25, 0.3) is 0 Å². The molecule has 0 radical (unpaired) electrons. The van der Waals surface area contributed by atoms with Crippen molar-refractivity contribution < 1.29 is 4.74 Å². The van der Waals surface area contributed by atoms with E-state index in [0.29, 0.717) is 0 Å². The minimum Gasteiger partial charge on any atom is -0.363 e. The fraction of sp³-hybridized carbons (Fsp3) is 1.00. The Morgan fingerprint density at radius 2 is 1.90 bits per heavy atom. The van der Waals surface area contributed by atoms with Crippen LogP contribution in [0, 0.1) is 5.41 Å². The molecular formula is C8H19NO. The van der Waals surface area contributed by atoms with Gasteiger partial charge < -0.3 is 4.74 Å². The normalized spacial score (nSPS) is 15.3. The first kappa shape index (κ1) is 9.92. The molecule has 0 heterocycles. The van der Waals surface area contributed by atoms with Gasteiger partial charge in [0.15, 0.2) is 0 Å². The number of nitrogens with one attached hydrogen (secondary N) is 1. The van der Waals surface area contributed by atoms with Gasteiger partial charge in [0.1, 0.15) is 6.23 Å². The van der Waals surface area contributed by atoms with Gasteiger partial charge in [-0.25, -0.2) is 0 Å². The molecule has 0 spiro atoms. The highest BCUT2D eigenvalue weighted by Crippen LogP contribution is 2.13. The van der Waals surface area contributed by atoms with Crippen molar-refractivity contribution in [1.29, 1.82) is 0 Å². The summed E-state index contributed by atoms with van der Waals surface area (Å²) in [5, 5.41) is 3.02. The molecule has 0 aromatic heterocycles. The fourth-order valence-electron chi connectivity index (χ4n) is 0.458. The highest BCUT2D eigenvalue weighted by molar-refractivity contribution is 4.59. The summed E-state index contributed by atoms with van der Waals surface area (Å²) in [7, 11) is 1.90. The maximum atomic E-state index is 5.44. The molecular weight excluding hydrogens is 126 g/mol. The zero-order valence-electron chi connectivity index (χ0n) is 7.69. The first-order valence-electron chi connectivity index (χ1n) is 3.74. The van der Waals surface area contributed by atoms with Crippen molar-refractivity contribution in [2.24, 2.45) is 5.41 Å². The lowest BCUT2D eigenvalue weighted by atomic mass is 9.99. The van der Waals surface area contributed by atoms with Crippen molar-refractivity contribution in [2.45, 2.75) is 33.9 Å². The smallest absolute Gasteiger partial charge is 0.105 e. The van der Waals surface area contributed by atoms with Gasteiger partial charge in [-0.05, 0) is 19.4 Å². The number of hydrogen-bond acceptors (Lipinski definition) is 2. The number of hydrogen-bond donors (Lipinski definition) is 1. The van der Waals surface area contributed by atoms with Crippen molar-refractivity contribution in [1.82, 2.24) is 5.32 Å². The summed E-state index contributed by atoms with van der Waals surface area (Å²) in [4.78, 5) is 0. The van der Waals surface area contributed by atoms with Gasteiger partial charge in [0.2, 0.25) is 0 Å². The molecule has 1 unspecified atom stereocenters. The van der Waals surface area contributed by atoms with Gasteiger partial charge in [-0.15, -0.1) is 0 Å². The Labute approximate surface area is 64.0 Å². The molecule has 0 aliphatic heterocycles. The topological polar surface area (TPSA) is 21.3 Å². The van der Waals surface area contributed by atoms with E-state index in [4.69, 9.17) is 4.74 Å². The minimum absolute atomic E-state index is 0.166. The van der Waals surface area contributed by atoms with Crippen LogP contribution < -0.4 is 5.32 Å². The van der Waals surface area contributed by atoms with Crippen LogP contribution in [0.5, 0.6) is 0 Å². The van der Waals surface area contributed by atoms with E-state index in [1.807, 2.05) is 14.0 Å². The lowest BCUT2D eigenvalue weighted by Crippen LogP contribution is -2.28. The molecule has 0 aliphatic carbocycles. The molecule has 0 aromatic carbocycles. The average molecular weight is 145 g/mol. The maximum absolute atomic E-state index is 5.44. The van der Waals surface area contributed by atoms with Crippen LogP contribution in [0.2, 0.25) is 0 Å². The van der Waals surface area contributed by atoms with Crippen molar-refractivity contribution >= 4 is 0 Å². The van der Waals surface area contributed by atoms with E-state index in [1.54, 1.807) is 0 Å². The van der Waals surface area contributed by atoms with Gasteiger partial charge in [-0.1, -0.05) is 20.8 Å². The molecule has 0 aliphatic rings. The monoisotopic (exact) mass is 145 g/mol. The first-order chi connectivity index (χ1) is 4.45. The maximum Gasteiger partial charge on any atom is 0.105 e. The molecule has 0 saturated carbocycles. The summed E-state index contributed by atoms with van der Waals surface area (Å²) in [5.74, 6) is 0. The number of rotatable bonds is 3. The molecule has 1 N–H and O–H groups in total. The molecule has 0 saturated heterocycles. The van der Waals surface area contributed by atoms with E-state index in [2.05, 4.69) is 26.1 Å². The third-order valence-corrected chi connectivity index (χ3v) is 1.17. The van der Waals surface area contributed by atoms with Crippen LogP contribution in [0.1, 0.15) is 27.7 Å². The minimum atomic E-state index is 0.166. The van der Waals surface area contributed by atoms with Crippen molar-refractivity contribution in [2.75, 3.05) is 13.7 Å². The van der Waals surface area contributed by atoms with E-state index in [9.17, 15) is 0 Å². The first-order valence-corrected chi connectivity index (χ1v) is 3.74. The summed E-state index contributed by atoms with van der Waals surface area (Å²) in [6.07, 6.45) is 0.166. The molecule has 0 amide bonds. The summed E-state index contributed by atoms with van der Waals surface area (Å²) in [6.45, 7) is 9.29. The standard InChI is InChI=1S/C8H19NO/c1-7(9-5)10-6-8(2,3)4/h7,9H,6H2,1-5H3. The van der Waals surface area contributed by atoms with Gasteiger partial charge in [0.05, 0.1) is 6.61 Å². The van der Waals surface area contributed by atoms with Crippen LogP contribution >= 0.6 is 0 Å². The second kappa shape index (κ2) is 3.94. The predicted molar refractivity (Wildman–Crippen MR) is 43.9 cm³/mol. The number of ether oxygens (including phenoxy) is 1. The van der Waals surface area contributed by atoms with Crippen LogP contribution in [0.15, 0.2) is 0 Å². The van der Waals surface area contributed by atoms with Gasteiger partial charge in [-0.3, -0.25) is 5.32 Å². The third kappa shape index (κ3) is 6.05. The second-order valence-corrected chi connectivity index (χ2v) is 3.80. The van der Waals surface area contributed by atoms with Gasteiger partial charge in [0, 0.05) is 0 Å². The Bertz CT molecular complexity index is 85.7. The van der Waals surface area contributed by atoms with Crippen LogP contribution in [0.3, 0.4) is 0 Å². The zero-order chi connectivity index (χ0) is 8.20. The van der Waals surface area contributed by atoms with E-state index in [0.717, 1.165) is 6.61 Å². The highest BCUT2D eigenvalue weighted by atomic mass is 16.5. The molecule has 0 rings (SSSR count). The Morgan fingerprint density at radius 1 is 1.40 bits per heavy atom. The quantitative estimate of drug-likeness (QED) is 0.609. The molecule has 0 fully saturated rings. The molecule has 10 heavy (non-hydrogen) atoms. The Hall–Kier alpha value is -0.0800. The van der Waals surface area contributed by atoms with Gasteiger partial charge in [-0.2, -0.15) is 0 Å². The Balaban J connectivity index is 3.36. The molecule has 2 nitrogen and oxygen atoms in total. The predicted octanol–water partition coefficient (Wildman–Crippen LogP) is 1.61. The summed E-state index contributed by atoms with van der Waals surface area (Å²) >= 11 is 0. The van der Waals surface area contributed by atoms with Crippen LogP contribution in [-0.2, 0) is 4.74 Å². The molecule has 0 aromatic rings. The van der Waals surface area contributed by atoms with Crippen LogP contribution in [-0.4, -0.2) is 19.9 Å². The largest absolute Gasteiger partial charge is 0.363 e. The average Bonchev–Trinajstić information content (AvgIpc) is 1.81. The van der Waals surface area contributed by atoms with Crippen molar-refractivity contribution in [3.8, 4) is 0 Å². The lowest BCUT2D eigenvalue weighted by Gasteiger charge is -2.21.